The number of nitrogens with one attached hydrogen (secondary N) is 1. The molecule has 0 spiro atoms. The molecule has 0 aromatic rings. The predicted octanol–water partition coefficient (Wildman–Crippen LogP) is 17.4. The van der Waals surface area contributed by atoms with Crippen LogP contribution in [-0.2, 0) is 14.3 Å². The van der Waals surface area contributed by atoms with Gasteiger partial charge in [-0.25, -0.2) is 0 Å². The van der Waals surface area contributed by atoms with E-state index < -0.39 is 18.2 Å². The minimum absolute atomic E-state index is 0.0494. The topological polar surface area (TPSA) is 95.9 Å². The molecule has 65 heavy (non-hydrogen) atoms. The van der Waals surface area contributed by atoms with E-state index in [0.29, 0.717) is 19.3 Å². The maximum atomic E-state index is 13.2. The highest BCUT2D eigenvalue weighted by atomic mass is 16.5. The Balaban J connectivity index is 4.52. The van der Waals surface area contributed by atoms with E-state index in [9.17, 15) is 19.8 Å². The Kier molecular flexibility index (Phi) is 51.0. The fraction of sp³-hybridized carbons (Fsp3) is 0.831. The second-order valence-corrected chi connectivity index (χ2v) is 19.3. The first-order valence-electron chi connectivity index (χ1n) is 28.4. The number of hydrogen-bond donors (Lipinski definition) is 3. The van der Waals surface area contributed by atoms with E-state index in [1.165, 1.54) is 161 Å². The van der Waals surface area contributed by atoms with Gasteiger partial charge in [-0.15, -0.1) is 0 Å². The molecular weight excluding hydrogens is 803 g/mol. The van der Waals surface area contributed by atoms with Gasteiger partial charge < -0.3 is 20.3 Å². The Morgan fingerprint density at radius 3 is 1.29 bits per heavy atom. The van der Waals surface area contributed by atoms with Crippen LogP contribution in [0, 0.1) is 0 Å². The first-order valence-corrected chi connectivity index (χ1v) is 28.4. The molecule has 0 aromatic carbocycles. The van der Waals surface area contributed by atoms with Crippen molar-refractivity contribution in [2.24, 2.45) is 0 Å². The maximum absolute atomic E-state index is 13.2. The van der Waals surface area contributed by atoms with Gasteiger partial charge in [0.05, 0.1) is 25.2 Å². The average molecular weight is 913 g/mol. The van der Waals surface area contributed by atoms with Crippen molar-refractivity contribution < 1.29 is 24.5 Å². The van der Waals surface area contributed by atoms with Gasteiger partial charge in [-0.2, -0.15) is 0 Å². The van der Waals surface area contributed by atoms with Gasteiger partial charge in [-0.05, 0) is 83.5 Å². The number of carbonyl (C=O) groups is 2. The molecule has 0 aliphatic carbocycles. The van der Waals surface area contributed by atoms with E-state index in [2.05, 4.69) is 74.7 Å². The fourth-order valence-corrected chi connectivity index (χ4v) is 8.62. The van der Waals surface area contributed by atoms with Gasteiger partial charge >= 0.3 is 5.97 Å². The van der Waals surface area contributed by atoms with Crippen molar-refractivity contribution in [3.8, 4) is 0 Å². The van der Waals surface area contributed by atoms with Crippen molar-refractivity contribution in [1.29, 1.82) is 0 Å². The van der Waals surface area contributed by atoms with Crippen molar-refractivity contribution in [3.05, 3.63) is 48.6 Å². The van der Waals surface area contributed by atoms with Gasteiger partial charge in [-0.3, -0.25) is 9.59 Å². The Hall–Kier alpha value is -2.18. The summed E-state index contributed by atoms with van der Waals surface area (Å²) in [5.41, 5.74) is 0. The smallest absolute Gasteiger partial charge is 0.306 e. The van der Waals surface area contributed by atoms with Crippen LogP contribution in [0.4, 0.5) is 0 Å². The van der Waals surface area contributed by atoms with Crippen LogP contribution in [0.25, 0.3) is 0 Å². The molecule has 0 radical (unpaired) electrons. The first kappa shape index (κ1) is 62.8. The van der Waals surface area contributed by atoms with Crippen LogP contribution in [0.3, 0.4) is 0 Å². The molecule has 0 aliphatic rings. The molecule has 380 valence electrons. The average Bonchev–Trinajstić information content (AvgIpc) is 3.30. The first-order chi connectivity index (χ1) is 32.0. The lowest BCUT2D eigenvalue weighted by Gasteiger charge is -2.24. The quantitative estimate of drug-likeness (QED) is 0.0321. The second-order valence-electron chi connectivity index (χ2n) is 19.3. The highest BCUT2D eigenvalue weighted by Crippen LogP contribution is 2.18. The van der Waals surface area contributed by atoms with Gasteiger partial charge in [0.15, 0.2) is 0 Å². The summed E-state index contributed by atoms with van der Waals surface area (Å²) in [5, 5.41) is 23.8. The summed E-state index contributed by atoms with van der Waals surface area (Å²) in [4.78, 5) is 26.2. The second kappa shape index (κ2) is 52.8. The van der Waals surface area contributed by atoms with Crippen LogP contribution in [-0.4, -0.2) is 46.9 Å². The molecule has 6 nitrogen and oxygen atoms in total. The van der Waals surface area contributed by atoms with Gasteiger partial charge in [0.1, 0.15) is 6.10 Å². The van der Waals surface area contributed by atoms with E-state index in [-0.39, 0.29) is 24.9 Å². The Bertz CT molecular complexity index is 1110. The normalized spacial score (nSPS) is 13.5. The molecule has 0 aromatic heterocycles. The van der Waals surface area contributed by atoms with Crippen LogP contribution in [0.5, 0.6) is 0 Å². The zero-order valence-electron chi connectivity index (χ0n) is 43.4. The molecule has 3 atom stereocenters. The van der Waals surface area contributed by atoms with Gasteiger partial charge in [-0.1, -0.05) is 243 Å². The van der Waals surface area contributed by atoms with E-state index >= 15 is 0 Å². The number of allylic oxidation sites excluding steroid dienone is 8. The summed E-state index contributed by atoms with van der Waals surface area (Å²) in [6.45, 7) is 6.38. The van der Waals surface area contributed by atoms with Crippen molar-refractivity contribution in [1.82, 2.24) is 5.32 Å². The van der Waals surface area contributed by atoms with Gasteiger partial charge in [0, 0.05) is 6.42 Å². The predicted molar refractivity (Wildman–Crippen MR) is 282 cm³/mol. The summed E-state index contributed by atoms with van der Waals surface area (Å²) >= 11 is 0. The van der Waals surface area contributed by atoms with Crippen LogP contribution < -0.4 is 5.32 Å². The third-order valence-corrected chi connectivity index (χ3v) is 12.9. The van der Waals surface area contributed by atoms with Crippen molar-refractivity contribution in [2.75, 3.05) is 6.61 Å². The number of unbranched alkanes of at least 4 members (excludes halogenated alkanes) is 31. The lowest BCUT2D eigenvalue weighted by Crippen LogP contribution is -2.46. The van der Waals surface area contributed by atoms with Crippen LogP contribution in [0.2, 0.25) is 0 Å². The molecule has 0 aliphatic heterocycles. The van der Waals surface area contributed by atoms with E-state index in [1.54, 1.807) is 0 Å². The zero-order valence-corrected chi connectivity index (χ0v) is 43.4. The number of esters is 1. The van der Waals surface area contributed by atoms with E-state index in [0.717, 1.165) is 83.5 Å². The minimum Gasteiger partial charge on any atom is -0.462 e. The molecule has 1 amide bonds. The lowest BCUT2D eigenvalue weighted by atomic mass is 10.0. The number of aliphatic hydroxyl groups is 2. The molecule has 6 heteroatoms. The Labute approximate surface area is 404 Å². The molecule has 3 unspecified atom stereocenters. The Morgan fingerprint density at radius 2 is 0.831 bits per heavy atom. The molecule has 0 saturated heterocycles. The highest BCUT2D eigenvalue weighted by Gasteiger charge is 2.24. The minimum atomic E-state index is -0.799. The Morgan fingerprint density at radius 1 is 0.462 bits per heavy atom. The summed E-state index contributed by atoms with van der Waals surface area (Å²) in [5.74, 6) is -0.513. The fourth-order valence-electron chi connectivity index (χ4n) is 8.62. The number of amides is 1. The summed E-state index contributed by atoms with van der Waals surface area (Å²) < 4.78 is 5.93. The summed E-state index contributed by atoms with van der Waals surface area (Å²) in [7, 11) is 0. The summed E-state index contributed by atoms with van der Waals surface area (Å²) in [6, 6.07) is -0.716. The maximum Gasteiger partial charge on any atom is 0.306 e. The van der Waals surface area contributed by atoms with E-state index in [4.69, 9.17) is 4.74 Å². The van der Waals surface area contributed by atoms with Crippen LogP contribution in [0.1, 0.15) is 290 Å². The third-order valence-electron chi connectivity index (χ3n) is 12.9. The standard InChI is InChI=1S/C59H109NO5/c1-4-7-10-13-16-19-22-25-27-29-30-32-34-37-40-43-46-49-52-59(64)65-55(50-47-44-41-38-35-24-21-18-15-12-9-6-3)53-58(63)60-56(54-61)57(62)51-48-45-42-39-36-33-31-28-26-23-20-17-14-11-8-5-2/h9,12,18,21,30,32,35,38,55-57,61-62H,4-8,10-11,13-17,19-20,22-29,31,33-34,36-37,39-54H2,1-3H3,(H,60,63)/b12-9+,21-18+,32-30+,38-35+. The number of rotatable bonds is 51. The molecule has 3 N–H and O–H groups in total. The lowest BCUT2D eigenvalue weighted by molar-refractivity contribution is -0.151. The molecule has 0 fully saturated rings. The monoisotopic (exact) mass is 912 g/mol. The largest absolute Gasteiger partial charge is 0.462 e. The molecular formula is C59H109NO5. The molecule has 0 rings (SSSR count). The number of ether oxygens (including phenoxy) is 1. The third kappa shape index (κ3) is 48.1. The molecule has 0 bridgehead atoms. The number of carbonyl (C=O) groups excluding carboxylic acids is 2. The van der Waals surface area contributed by atoms with E-state index in [1.807, 2.05) is 0 Å². The van der Waals surface area contributed by atoms with Crippen LogP contribution >= 0.6 is 0 Å². The number of aliphatic hydroxyl groups excluding tert-OH is 2. The highest BCUT2D eigenvalue weighted by molar-refractivity contribution is 5.77. The van der Waals surface area contributed by atoms with Gasteiger partial charge in [0.25, 0.3) is 0 Å². The molecule has 0 saturated carbocycles. The zero-order chi connectivity index (χ0) is 47.4. The van der Waals surface area contributed by atoms with Crippen LogP contribution in [0.15, 0.2) is 48.6 Å². The summed E-state index contributed by atoms with van der Waals surface area (Å²) in [6.07, 6.45) is 64.7. The number of hydrogen-bond acceptors (Lipinski definition) is 5. The van der Waals surface area contributed by atoms with Crippen molar-refractivity contribution in [3.63, 3.8) is 0 Å². The van der Waals surface area contributed by atoms with Crippen molar-refractivity contribution >= 4 is 11.9 Å². The SMILES string of the molecule is CC/C=C/C/C=C/C/C=C/CCCCC(CC(=O)NC(CO)C(O)CCCCCCCCCCCCCCCCCC)OC(=O)CCCCCCC/C=C/CCCCCCCCCCC. The molecule has 0 heterocycles. The van der Waals surface area contributed by atoms with Crippen molar-refractivity contribution in [2.45, 2.75) is 309 Å². The van der Waals surface area contributed by atoms with Gasteiger partial charge in [0.2, 0.25) is 5.91 Å².